The van der Waals surface area contributed by atoms with E-state index in [4.69, 9.17) is 0 Å². The number of aromatic nitrogens is 2. The van der Waals surface area contributed by atoms with E-state index in [9.17, 15) is 13.6 Å². The molecule has 2 rings (SSSR count). The van der Waals surface area contributed by atoms with Gasteiger partial charge in [-0.25, -0.2) is 13.8 Å². The summed E-state index contributed by atoms with van der Waals surface area (Å²) in [6, 6.07) is 4.93. The summed E-state index contributed by atoms with van der Waals surface area (Å²) in [6.07, 6.45) is 2.39. The van der Waals surface area contributed by atoms with Gasteiger partial charge in [0.25, 0.3) is 0 Å². The molecule has 0 saturated carbocycles. The van der Waals surface area contributed by atoms with Crippen LogP contribution in [0, 0.1) is 18.6 Å². The van der Waals surface area contributed by atoms with Gasteiger partial charge in [-0.05, 0) is 31.2 Å². The minimum absolute atomic E-state index is 0.0163. The lowest BCUT2D eigenvalue weighted by Crippen LogP contribution is -2.27. The molecule has 0 saturated heterocycles. The summed E-state index contributed by atoms with van der Waals surface area (Å²) in [5, 5.41) is 5.67. The molecule has 1 heterocycles. The molecule has 0 atom stereocenters. The van der Waals surface area contributed by atoms with Crippen molar-refractivity contribution in [3.63, 3.8) is 0 Å². The third kappa shape index (κ3) is 5.80. The fraction of sp³-hybridized carbons (Fsp3) is 0.278. The molecule has 0 aliphatic rings. The van der Waals surface area contributed by atoms with Gasteiger partial charge >= 0.3 is 0 Å². The maximum absolute atomic E-state index is 13.5. The highest BCUT2D eigenvalue weighted by molar-refractivity contribution is 5.91. The molecule has 0 spiro atoms. The van der Waals surface area contributed by atoms with Crippen LogP contribution in [0.3, 0.4) is 0 Å². The standard InChI is InChI=1S/C18H21F2N5O/c1-12-10-16(25(2)3)24-18(23-12)22-9-8-21-17(26)7-4-13-11-14(19)5-6-15(13)20/h4-7,10-11H,8-9H2,1-3H3,(H,21,26)(H,22,23,24)/b7-4+. The first-order valence-electron chi connectivity index (χ1n) is 8.03. The van der Waals surface area contributed by atoms with E-state index in [0.717, 1.165) is 35.8 Å². The topological polar surface area (TPSA) is 70.2 Å². The van der Waals surface area contributed by atoms with Gasteiger partial charge in [0.05, 0.1) is 0 Å². The summed E-state index contributed by atoms with van der Waals surface area (Å²) in [5.41, 5.74) is 0.845. The monoisotopic (exact) mass is 361 g/mol. The van der Waals surface area contributed by atoms with E-state index < -0.39 is 17.5 Å². The normalized spacial score (nSPS) is 10.8. The van der Waals surface area contributed by atoms with Crippen molar-refractivity contribution in [2.45, 2.75) is 6.92 Å². The minimum atomic E-state index is -0.592. The maximum atomic E-state index is 13.5. The van der Waals surface area contributed by atoms with Crippen LogP contribution in [0.5, 0.6) is 0 Å². The summed E-state index contributed by atoms with van der Waals surface area (Å²) in [7, 11) is 3.78. The minimum Gasteiger partial charge on any atom is -0.363 e. The quantitative estimate of drug-likeness (QED) is 0.585. The van der Waals surface area contributed by atoms with Crippen molar-refractivity contribution in [3.8, 4) is 0 Å². The summed E-state index contributed by atoms with van der Waals surface area (Å²) in [5.74, 6) is -0.310. The molecule has 0 aliphatic carbocycles. The van der Waals surface area contributed by atoms with Gasteiger partial charge in [-0.3, -0.25) is 4.79 Å². The molecule has 2 N–H and O–H groups in total. The van der Waals surface area contributed by atoms with Crippen molar-refractivity contribution in [3.05, 3.63) is 53.2 Å². The second-order valence-corrected chi connectivity index (χ2v) is 5.80. The molecular formula is C18H21F2N5O. The lowest BCUT2D eigenvalue weighted by atomic mass is 10.2. The zero-order valence-electron chi connectivity index (χ0n) is 14.9. The predicted octanol–water partition coefficient (Wildman–Crippen LogP) is 2.37. The van der Waals surface area contributed by atoms with E-state index in [-0.39, 0.29) is 5.56 Å². The number of benzene rings is 1. The summed E-state index contributed by atoms with van der Waals surface area (Å²) < 4.78 is 26.5. The number of halogens is 2. The average molecular weight is 361 g/mol. The van der Waals surface area contributed by atoms with E-state index in [1.54, 1.807) is 0 Å². The lowest BCUT2D eigenvalue weighted by molar-refractivity contribution is -0.116. The van der Waals surface area contributed by atoms with E-state index in [0.29, 0.717) is 19.0 Å². The highest BCUT2D eigenvalue weighted by Gasteiger charge is 2.04. The van der Waals surface area contributed by atoms with Crippen molar-refractivity contribution >= 4 is 23.7 Å². The first-order chi connectivity index (χ1) is 12.3. The van der Waals surface area contributed by atoms with E-state index in [2.05, 4.69) is 20.6 Å². The fourth-order valence-electron chi connectivity index (χ4n) is 2.09. The molecule has 26 heavy (non-hydrogen) atoms. The van der Waals surface area contributed by atoms with Crippen LogP contribution in [0.15, 0.2) is 30.3 Å². The van der Waals surface area contributed by atoms with Gasteiger partial charge in [0, 0.05) is 50.6 Å². The Morgan fingerprint density at radius 3 is 2.69 bits per heavy atom. The molecule has 0 aliphatic heterocycles. The molecule has 1 amide bonds. The van der Waals surface area contributed by atoms with Crippen LogP contribution in [-0.2, 0) is 4.79 Å². The number of amides is 1. The summed E-state index contributed by atoms with van der Waals surface area (Å²) >= 11 is 0. The summed E-state index contributed by atoms with van der Waals surface area (Å²) in [4.78, 5) is 22.2. The van der Waals surface area contributed by atoms with Crippen molar-refractivity contribution in [1.29, 1.82) is 0 Å². The zero-order valence-corrected chi connectivity index (χ0v) is 14.9. The molecule has 2 aromatic rings. The fourth-order valence-corrected chi connectivity index (χ4v) is 2.09. The van der Waals surface area contributed by atoms with Gasteiger partial charge in [0.15, 0.2) is 0 Å². The van der Waals surface area contributed by atoms with Crippen LogP contribution in [0.2, 0.25) is 0 Å². The van der Waals surface area contributed by atoms with E-state index in [1.165, 1.54) is 6.08 Å². The van der Waals surface area contributed by atoms with Crippen LogP contribution < -0.4 is 15.5 Å². The van der Waals surface area contributed by atoms with Crippen LogP contribution in [0.4, 0.5) is 20.5 Å². The molecular weight excluding hydrogens is 340 g/mol. The number of rotatable bonds is 7. The molecule has 0 radical (unpaired) electrons. The van der Waals surface area contributed by atoms with Crippen LogP contribution in [0.25, 0.3) is 6.08 Å². The number of nitrogens with one attached hydrogen (secondary N) is 2. The first kappa shape index (κ1) is 19.3. The smallest absolute Gasteiger partial charge is 0.244 e. The average Bonchev–Trinajstić information content (AvgIpc) is 2.59. The molecule has 138 valence electrons. The van der Waals surface area contributed by atoms with Crippen molar-refractivity contribution in [2.75, 3.05) is 37.4 Å². The molecule has 1 aromatic heterocycles. The first-order valence-corrected chi connectivity index (χ1v) is 8.03. The molecule has 0 unspecified atom stereocenters. The van der Waals surface area contributed by atoms with Gasteiger partial charge in [-0.1, -0.05) is 0 Å². The van der Waals surface area contributed by atoms with Gasteiger partial charge < -0.3 is 15.5 Å². The molecule has 6 nitrogen and oxygen atoms in total. The van der Waals surface area contributed by atoms with Gasteiger partial charge in [-0.2, -0.15) is 4.98 Å². The van der Waals surface area contributed by atoms with Crippen LogP contribution in [-0.4, -0.2) is 43.1 Å². The van der Waals surface area contributed by atoms with Gasteiger partial charge in [-0.15, -0.1) is 0 Å². The number of nitrogens with zero attached hydrogens (tertiary/aromatic N) is 3. The lowest BCUT2D eigenvalue weighted by Gasteiger charge is -2.13. The van der Waals surface area contributed by atoms with E-state index in [1.807, 2.05) is 32.0 Å². The Balaban J connectivity index is 1.82. The SMILES string of the molecule is Cc1cc(N(C)C)nc(NCCNC(=O)/C=C/c2cc(F)ccc2F)n1. The third-order valence-electron chi connectivity index (χ3n) is 3.38. The summed E-state index contributed by atoms with van der Waals surface area (Å²) in [6.45, 7) is 2.62. The second kappa shape index (κ2) is 8.89. The number of carbonyl (C=O) groups excluding carboxylic acids is 1. The number of carbonyl (C=O) groups is 1. The Morgan fingerprint density at radius 1 is 1.19 bits per heavy atom. The number of anilines is 2. The molecule has 1 aromatic carbocycles. The van der Waals surface area contributed by atoms with E-state index >= 15 is 0 Å². The number of hydrogen-bond acceptors (Lipinski definition) is 5. The predicted molar refractivity (Wildman–Crippen MR) is 98.0 cm³/mol. The van der Waals surface area contributed by atoms with Gasteiger partial charge in [0.2, 0.25) is 11.9 Å². The maximum Gasteiger partial charge on any atom is 0.244 e. The Kier molecular flexibility index (Phi) is 6.60. The Bertz CT molecular complexity index is 808. The van der Waals surface area contributed by atoms with Crippen molar-refractivity contribution < 1.29 is 13.6 Å². The largest absolute Gasteiger partial charge is 0.363 e. The Labute approximate surface area is 151 Å². The van der Waals surface area contributed by atoms with Crippen molar-refractivity contribution in [2.24, 2.45) is 0 Å². The van der Waals surface area contributed by atoms with Crippen LogP contribution in [0.1, 0.15) is 11.3 Å². The van der Waals surface area contributed by atoms with Crippen molar-refractivity contribution in [1.82, 2.24) is 15.3 Å². The van der Waals surface area contributed by atoms with Crippen LogP contribution >= 0.6 is 0 Å². The highest BCUT2D eigenvalue weighted by atomic mass is 19.1. The second-order valence-electron chi connectivity index (χ2n) is 5.80. The Hall–Kier alpha value is -3.03. The Morgan fingerprint density at radius 2 is 1.96 bits per heavy atom. The number of aryl methyl sites for hydroxylation is 1. The highest BCUT2D eigenvalue weighted by Crippen LogP contribution is 2.12. The molecule has 0 bridgehead atoms. The zero-order chi connectivity index (χ0) is 19.1. The molecule has 0 fully saturated rings. The molecule has 8 heteroatoms. The third-order valence-corrected chi connectivity index (χ3v) is 3.38. The van der Waals surface area contributed by atoms with Gasteiger partial charge in [0.1, 0.15) is 17.5 Å². The number of hydrogen-bond donors (Lipinski definition) is 2.